The monoisotopic (exact) mass is 586 g/mol. The third-order valence-electron chi connectivity index (χ3n) is 8.84. The van der Waals surface area contributed by atoms with Gasteiger partial charge in [-0.25, -0.2) is 4.98 Å². The number of aryl methyl sites for hydroxylation is 1. The maximum atomic E-state index is 12.9. The second-order valence-electron chi connectivity index (χ2n) is 12.1. The van der Waals surface area contributed by atoms with Crippen molar-refractivity contribution < 1.29 is 9.53 Å². The second-order valence-corrected chi connectivity index (χ2v) is 12.1. The number of imidazole rings is 1. The Morgan fingerprint density at radius 3 is 2.61 bits per heavy atom. The van der Waals surface area contributed by atoms with Gasteiger partial charge in [-0.1, -0.05) is 36.4 Å². The molecule has 2 aliphatic rings. The highest BCUT2D eigenvalue weighted by atomic mass is 16.5. The van der Waals surface area contributed by atoms with E-state index in [4.69, 9.17) is 9.72 Å². The molecule has 2 N–H and O–H groups in total. The molecule has 2 aliphatic heterocycles. The fourth-order valence-electron chi connectivity index (χ4n) is 6.45. The van der Waals surface area contributed by atoms with Crippen molar-refractivity contribution in [1.29, 1.82) is 0 Å². The minimum atomic E-state index is -0.0305. The summed E-state index contributed by atoms with van der Waals surface area (Å²) in [5, 5.41) is 4.39. The first-order chi connectivity index (χ1) is 21.6. The summed E-state index contributed by atoms with van der Waals surface area (Å²) in [6.45, 7) is 6.46. The summed E-state index contributed by atoms with van der Waals surface area (Å²) in [6, 6.07) is 23.2. The number of hydrogen-bond donors (Lipinski definition) is 2. The number of hydrogen-bond acceptors (Lipinski definition) is 7. The van der Waals surface area contributed by atoms with E-state index in [0.29, 0.717) is 0 Å². The molecular weight excluding hydrogens is 548 g/mol. The number of carbonyl (C=O) groups excluding carboxylic acids is 1. The van der Waals surface area contributed by atoms with Gasteiger partial charge in [-0.2, -0.15) is 0 Å². The summed E-state index contributed by atoms with van der Waals surface area (Å²) < 4.78 is 5.86. The SMILES string of the molecule is Cc1cccc(-c2[nH]cnc2-c2ccc3ncc(-c4ccc(CN5CCC[C@H](C(=O)OC6CCNCC6)C5)cc4)cc3c2)n1. The van der Waals surface area contributed by atoms with Gasteiger partial charge in [0.1, 0.15) is 6.10 Å². The lowest BCUT2D eigenvalue weighted by molar-refractivity contribution is -0.157. The predicted octanol–water partition coefficient (Wildman–Crippen LogP) is 6.17. The van der Waals surface area contributed by atoms with Gasteiger partial charge < -0.3 is 15.0 Å². The Morgan fingerprint density at radius 2 is 1.77 bits per heavy atom. The van der Waals surface area contributed by atoms with Crippen molar-refractivity contribution >= 4 is 16.9 Å². The van der Waals surface area contributed by atoms with Crippen LogP contribution < -0.4 is 5.32 Å². The predicted molar refractivity (Wildman–Crippen MR) is 173 cm³/mol. The number of nitrogens with zero attached hydrogens (tertiary/aromatic N) is 4. The second kappa shape index (κ2) is 12.7. The van der Waals surface area contributed by atoms with Crippen molar-refractivity contribution in [3.63, 3.8) is 0 Å². The number of aromatic amines is 1. The first kappa shape index (κ1) is 28.4. The first-order valence-electron chi connectivity index (χ1n) is 15.7. The van der Waals surface area contributed by atoms with E-state index in [1.54, 1.807) is 6.33 Å². The van der Waals surface area contributed by atoms with Crippen molar-refractivity contribution in [2.24, 2.45) is 5.92 Å². The van der Waals surface area contributed by atoms with E-state index in [9.17, 15) is 4.79 Å². The Balaban J connectivity index is 1.04. The number of pyridine rings is 2. The van der Waals surface area contributed by atoms with Crippen molar-refractivity contribution in [3.05, 3.63) is 90.5 Å². The van der Waals surface area contributed by atoms with Crippen molar-refractivity contribution in [1.82, 2.24) is 30.2 Å². The average molecular weight is 587 g/mol. The number of carbonyl (C=O) groups is 1. The van der Waals surface area contributed by atoms with Crippen LogP contribution in [-0.2, 0) is 16.1 Å². The number of esters is 1. The van der Waals surface area contributed by atoms with Crippen LogP contribution in [0.25, 0.3) is 44.7 Å². The fraction of sp³-hybridized carbons (Fsp3) is 0.333. The topological polar surface area (TPSA) is 96.0 Å². The summed E-state index contributed by atoms with van der Waals surface area (Å²) in [5.41, 5.74) is 9.03. The summed E-state index contributed by atoms with van der Waals surface area (Å²) >= 11 is 0. The van der Waals surface area contributed by atoms with Gasteiger partial charge in [0, 0.05) is 41.5 Å². The largest absolute Gasteiger partial charge is 0.462 e. The molecule has 3 aromatic heterocycles. The molecule has 224 valence electrons. The number of nitrogens with one attached hydrogen (secondary N) is 2. The van der Waals surface area contributed by atoms with Crippen LogP contribution in [0.4, 0.5) is 0 Å². The molecular formula is C36H38N6O2. The third-order valence-corrected chi connectivity index (χ3v) is 8.84. The number of likely N-dealkylation sites (tertiary alicyclic amines) is 1. The molecule has 1 atom stereocenters. The lowest BCUT2D eigenvalue weighted by Gasteiger charge is -2.33. The van der Waals surface area contributed by atoms with Crippen LogP contribution >= 0.6 is 0 Å². The molecule has 8 nitrogen and oxygen atoms in total. The molecule has 0 aliphatic carbocycles. The maximum absolute atomic E-state index is 12.9. The van der Waals surface area contributed by atoms with E-state index in [0.717, 1.165) is 109 Å². The summed E-state index contributed by atoms with van der Waals surface area (Å²) in [7, 11) is 0. The molecule has 0 saturated carbocycles. The number of fused-ring (bicyclic) bond motifs is 1. The van der Waals surface area contributed by atoms with Gasteiger partial charge in [0.2, 0.25) is 0 Å². The van der Waals surface area contributed by atoms with Crippen LogP contribution in [0.3, 0.4) is 0 Å². The lowest BCUT2D eigenvalue weighted by atomic mass is 9.97. The van der Waals surface area contributed by atoms with Gasteiger partial charge in [0.05, 0.1) is 34.8 Å². The van der Waals surface area contributed by atoms with E-state index >= 15 is 0 Å². The van der Waals surface area contributed by atoms with E-state index in [1.807, 2.05) is 37.4 Å². The van der Waals surface area contributed by atoms with Crippen LogP contribution in [-0.4, -0.2) is 63.1 Å². The van der Waals surface area contributed by atoms with E-state index in [-0.39, 0.29) is 18.0 Å². The normalized spacial score (nSPS) is 18.0. The van der Waals surface area contributed by atoms with Gasteiger partial charge in [-0.15, -0.1) is 0 Å². The van der Waals surface area contributed by atoms with Crippen LogP contribution in [0, 0.1) is 12.8 Å². The number of ether oxygens (including phenoxy) is 1. The Morgan fingerprint density at radius 1 is 0.955 bits per heavy atom. The molecule has 0 bridgehead atoms. The Labute approximate surface area is 257 Å². The van der Waals surface area contributed by atoms with Crippen molar-refractivity contribution in [3.8, 4) is 33.8 Å². The minimum absolute atomic E-state index is 0.0146. The Bertz CT molecular complexity index is 1760. The molecule has 8 heteroatoms. The van der Waals surface area contributed by atoms with Crippen LogP contribution in [0.15, 0.2) is 79.3 Å². The maximum Gasteiger partial charge on any atom is 0.310 e. The fourth-order valence-corrected chi connectivity index (χ4v) is 6.45. The van der Waals surface area contributed by atoms with Crippen molar-refractivity contribution in [2.45, 2.75) is 45.3 Å². The van der Waals surface area contributed by atoms with Gasteiger partial charge in [0.15, 0.2) is 0 Å². The molecule has 0 amide bonds. The third kappa shape index (κ3) is 6.27. The van der Waals surface area contributed by atoms with E-state index in [2.05, 4.69) is 67.6 Å². The lowest BCUT2D eigenvalue weighted by Crippen LogP contribution is -2.41. The van der Waals surface area contributed by atoms with Crippen LogP contribution in [0.5, 0.6) is 0 Å². The number of benzene rings is 2. The zero-order chi connectivity index (χ0) is 29.9. The minimum Gasteiger partial charge on any atom is -0.462 e. The van der Waals surface area contributed by atoms with E-state index in [1.165, 1.54) is 5.56 Å². The van der Waals surface area contributed by atoms with Crippen LogP contribution in [0.2, 0.25) is 0 Å². The van der Waals surface area contributed by atoms with Crippen molar-refractivity contribution in [2.75, 3.05) is 26.2 Å². The van der Waals surface area contributed by atoms with Gasteiger partial charge in [-0.3, -0.25) is 19.7 Å². The molecule has 2 fully saturated rings. The molecule has 44 heavy (non-hydrogen) atoms. The highest BCUT2D eigenvalue weighted by molar-refractivity contribution is 5.89. The highest BCUT2D eigenvalue weighted by Crippen LogP contribution is 2.31. The zero-order valence-electron chi connectivity index (χ0n) is 25.1. The Hall–Kier alpha value is -4.40. The molecule has 2 aromatic carbocycles. The van der Waals surface area contributed by atoms with Crippen LogP contribution in [0.1, 0.15) is 36.9 Å². The summed E-state index contributed by atoms with van der Waals surface area (Å²) in [6.07, 6.45) is 7.51. The zero-order valence-corrected chi connectivity index (χ0v) is 25.1. The molecule has 2 saturated heterocycles. The average Bonchev–Trinajstić information content (AvgIpc) is 3.56. The summed E-state index contributed by atoms with van der Waals surface area (Å²) in [4.78, 5) is 32.6. The Kier molecular flexibility index (Phi) is 8.18. The molecule has 0 spiro atoms. The molecule has 0 radical (unpaired) electrons. The smallest absolute Gasteiger partial charge is 0.310 e. The summed E-state index contributed by atoms with van der Waals surface area (Å²) in [5.74, 6) is -0.0451. The van der Waals surface area contributed by atoms with E-state index < -0.39 is 0 Å². The standard InChI is InChI=1S/C36H38N6O2/c1-24-4-2-6-33(41-24)35-34(39-23-40-35)27-11-12-32-29(18-27)19-30(20-38-32)26-9-7-25(8-10-26)21-42-17-3-5-28(22-42)36(43)44-31-13-15-37-16-14-31/h2,4,6-12,18-20,23,28,31,37H,3,5,13-17,21-22H2,1H3,(H,39,40)/t28-/m0/s1. The number of aromatic nitrogens is 4. The number of rotatable bonds is 7. The molecule has 0 unspecified atom stereocenters. The highest BCUT2D eigenvalue weighted by Gasteiger charge is 2.29. The quantitative estimate of drug-likeness (QED) is 0.220. The molecule has 5 aromatic rings. The van der Waals surface area contributed by atoms with Gasteiger partial charge in [0.25, 0.3) is 0 Å². The number of H-pyrrole nitrogens is 1. The molecule has 7 rings (SSSR count). The van der Waals surface area contributed by atoms with Gasteiger partial charge >= 0.3 is 5.97 Å². The first-order valence-corrected chi connectivity index (χ1v) is 15.7. The van der Waals surface area contributed by atoms with Gasteiger partial charge in [-0.05, 0) is 93.7 Å². The molecule has 5 heterocycles. The number of piperidine rings is 2.